The van der Waals surface area contributed by atoms with Crippen molar-refractivity contribution < 1.29 is 9.84 Å². The predicted molar refractivity (Wildman–Crippen MR) is 128 cm³/mol. The number of hydrogen-bond acceptors (Lipinski definition) is 2. The quantitative estimate of drug-likeness (QED) is 0.553. The minimum absolute atomic E-state index is 0.0291. The van der Waals surface area contributed by atoms with E-state index in [1.807, 2.05) is 6.92 Å². The van der Waals surface area contributed by atoms with Crippen molar-refractivity contribution in [3.63, 3.8) is 0 Å². The number of hydrogen-bond donors (Lipinski definition) is 1. The molecule has 1 N–H and O–H groups in total. The first kappa shape index (κ1) is 22.6. The molecule has 0 aromatic heterocycles. The molecule has 2 aliphatic carbocycles. The van der Waals surface area contributed by atoms with Crippen molar-refractivity contribution in [3.05, 3.63) is 71.3 Å². The molecule has 0 saturated heterocycles. The lowest BCUT2D eigenvalue weighted by atomic mass is 9.46. The molecule has 168 valence electrons. The summed E-state index contributed by atoms with van der Waals surface area (Å²) >= 11 is 0. The van der Waals surface area contributed by atoms with Crippen LogP contribution in [0.2, 0.25) is 0 Å². The fraction of sp³-hybridized carbons (Fsp3) is 0.586. The van der Waals surface area contributed by atoms with Gasteiger partial charge >= 0.3 is 0 Å². The number of aliphatic hydroxyl groups excluding tert-OH is 1. The summed E-state index contributed by atoms with van der Waals surface area (Å²) in [6, 6.07) is 19.9. The molecule has 1 saturated carbocycles. The Morgan fingerprint density at radius 3 is 2.35 bits per heavy atom. The lowest BCUT2D eigenvalue weighted by molar-refractivity contribution is -0.123. The summed E-state index contributed by atoms with van der Waals surface area (Å²) in [6.07, 6.45) is 5.22. The third-order valence-electron chi connectivity index (χ3n) is 8.48. The second-order valence-electron chi connectivity index (χ2n) is 11.0. The first-order valence-electron chi connectivity index (χ1n) is 12.2. The maximum atomic E-state index is 9.92. The highest BCUT2D eigenvalue weighted by atomic mass is 16.5. The van der Waals surface area contributed by atoms with Crippen LogP contribution in [0.15, 0.2) is 54.6 Å². The Morgan fingerprint density at radius 2 is 1.65 bits per heavy atom. The van der Waals surface area contributed by atoms with Gasteiger partial charge in [0, 0.05) is 0 Å². The number of fused-ring (bicyclic) bond motifs is 3. The van der Waals surface area contributed by atoms with Gasteiger partial charge in [-0.1, -0.05) is 75.4 Å². The lowest BCUT2D eigenvalue weighted by Crippen LogP contribution is -2.53. The fourth-order valence-corrected chi connectivity index (χ4v) is 7.07. The second kappa shape index (κ2) is 8.71. The molecule has 1 unspecified atom stereocenters. The van der Waals surface area contributed by atoms with E-state index < -0.39 is 0 Å². The number of aryl methyl sites for hydroxylation is 1. The summed E-state index contributed by atoms with van der Waals surface area (Å²) in [5.41, 5.74) is 4.81. The number of benzene rings is 2. The van der Waals surface area contributed by atoms with E-state index in [0.717, 1.165) is 6.42 Å². The van der Waals surface area contributed by atoms with Crippen LogP contribution < -0.4 is 0 Å². The van der Waals surface area contributed by atoms with Gasteiger partial charge in [0.2, 0.25) is 0 Å². The highest BCUT2D eigenvalue weighted by molar-refractivity contribution is 5.39. The van der Waals surface area contributed by atoms with E-state index >= 15 is 0 Å². The molecule has 2 aromatic carbocycles. The summed E-state index contributed by atoms with van der Waals surface area (Å²) in [6.45, 7) is 11.5. The van der Waals surface area contributed by atoms with Crippen molar-refractivity contribution in [1.29, 1.82) is 0 Å². The van der Waals surface area contributed by atoms with E-state index in [0.29, 0.717) is 18.3 Å². The van der Waals surface area contributed by atoms with Crippen molar-refractivity contribution in [3.8, 4) is 0 Å². The average molecular weight is 421 g/mol. The van der Waals surface area contributed by atoms with Gasteiger partial charge in [-0.05, 0) is 85.3 Å². The zero-order chi connectivity index (χ0) is 22.2. The first-order chi connectivity index (χ1) is 14.7. The van der Waals surface area contributed by atoms with Gasteiger partial charge in [0.05, 0.1) is 18.3 Å². The van der Waals surface area contributed by atoms with Crippen LogP contribution in [0, 0.1) is 17.3 Å². The molecule has 4 rings (SSSR count). The smallest absolute Gasteiger partial charge is 0.0861 e. The van der Waals surface area contributed by atoms with Gasteiger partial charge < -0.3 is 9.84 Å². The summed E-state index contributed by atoms with van der Waals surface area (Å²) in [5, 5.41) is 9.92. The fourth-order valence-electron chi connectivity index (χ4n) is 7.07. The number of ether oxygens (including phenoxy) is 1. The van der Waals surface area contributed by atoms with E-state index in [2.05, 4.69) is 82.3 Å². The van der Waals surface area contributed by atoms with Crippen molar-refractivity contribution in [2.75, 3.05) is 0 Å². The SMILES string of the molecule is C[C@H](O)C[C@H](C)O[C@@H](c1ccccc1)C1CC[C@]2(C)c3ccccc3CC[C@H]2C1(C)C. The van der Waals surface area contributed by atoms with Gasteiger partial charge in [-0.2, -0.15) is 0 Å². The maximum Gasteiger partial charge on any atom is 0.0861 e. The standard InChI is InChI=1S/C29H40O2/c1-20(30)19-21(2)31-27(23-12-7-6-8-13-23)25-17-18-29(5)24-14-10-9-11-22(24)15-16-26(29)28(25,3)4/h6-14,20-21,25-27,30H,15-19H2,1-5H3/t20-,21-,25?,26-,27-,29+/m0/s1. The third-order valence-corrected chi connectivity index (χ3v) is 8.48. The average Bonchev–Trinajstić information content (AvgIpc) is 2.72. The van der Waals surface area contributed by atoms with Crippen LogP contribution >= 0.6 is 0 Å². The molecule has 0 amide bonds. The Bertz CT molecular complexity index is 871. The largest absolute Gasteiger partial charge is 0.393 e. The summed E-state index contributed by atoms with van der Waals surface area (Å²) in [4.78, 5) is 0. The summed E-state index contributed by atoms with van der Waals surface area (Å²) in [7, 11) is 0. The van der Waals surface area contributed by atoms with E-state index in [9.17, 15) is 5.11 Å². The molecule has 2 aliphatic rings. The van der Waals surface area contributed by atoms with E-state index in [1.165, 1.54) is 24.8 Å². The van der Waals surface area contributed by atoms with Gasteiger partial charge in [0.1, 0.15) is 0 Å². The van der Waals surface area contributed by atoms with Crippen molar-refractivity contribution in [1.82, 2.24) is 0 Å². The van der Waals surface area contributed by atoms with Crippen LogP contribution in [0.25, 0.3) is 0 Å². The van der Waals surface area contributed by atoms with Crippen LogP contribution in [0.5, 0.6) is 0 Å². The Kier molecular flexibility index (Phi) is 6.34. The van der Waals surface area contributed by atoms with Crippen molar-refractivity contribution >= 4 is 0 Å². The molecule has 0 spiro atoms. The minimum Gasteiger partial charge on any atom is -0.393 e. The van der Waals surface area contributed by atoms with Gasteiger partial charge in [0.25, 0.3) is 0 Å². The topological polar surface area (TPSA) is 29.5 Å². The highest BCUT2D eigenvalue weighted by Gasteiger charge is 2.55. The minimum atomic E-state index is -0.344. The van der Waals surface area contributed by atoms with Crippen LogP contribution in [0.4, 0.5) is 0 Å². The third kappa shape index (κ3) is 4.22. The van der Waals surface area contributed by atoms with E-state index in [1.54, 1.807) is 11.1 Å². The van der Waals surface area contributed by atoms with Crippen LogP contribution in [0.1, 0.15) is 83.1 Å². The zero-order valence-corrected chi connectivity index (χ0v) is 20.0. The molecule has 2 aromatic rings. The molecule has 1 fully saturated rings. The molecule has 0 bridgehead atoms. The molecule has 2 heteroatoms. The highest BCUT2D eigenvalue weighted by Crippen LogP contribution is 2.61. The van der Waals surface area contributed by atoms with Crippen molar-refractivity contribution in [2.45, 2.75) is 90.4 Å². The van der Waals surface area contributed by atoms with E-state index in [4.69, 9.17) is 4.74 Å². The molecule has 0 heterocycles. The second-order valence-corrected chi connectivity index (χ2v) is 11.0. The lowest BCUT2D eigenvalue weighted by Gasteiger charge is -2.59. The number of rotatable bonds is 6. The molecule has 31 heavy (non-hydrogen) atoms. The van der Waals surface area contributed by atoms with Gasteiger partial charge in [0.15, 0.2) is 0 Å². The molecular weight excluding hydrogens is 380 g/mol. The Labute approximate surface area is 189 Å². The normalized spacial score (nSPS) is 30.0. The zero-order valence-electron chi connectivity index (χ0n) is 20.0. The molecule has 6 atom stereocenters. The predicted octanol–water partition coefficient (Wildman–Crippen LogP) is 6.86. The first-order valence-corrected chi connectivity index (χ1v) is 12.2. The maximum absolute atomic E-state index is 9.92. The Balaban J connectivity index is 1.68. The van der Waals surface area contributed by atoms with Crippen molar-refractivity contribution in [2.24, 2.45) is 17.3 Å². The number of aliphatic hydroxyl groups is 1. The summed E-state index contributed by atoms with van der Waals surface area (Å²) in [5.74, 6) is 1.09. The summed E-state index contributed by atoms with van der Waals surface area (Å²) < 4.78 is 6.74. The van der Waals surface area contributed by atoms with Gasteiger partial charge in [-0.15, -0.1) is 0 Å². The molecule has 0 aliphatic heterocycles. The van der Waals surface area contributed by atoms with E-state index in [-0.39, 0.29) is 29.1 Å². The molecule has 2 nitrogen and oxygen atoms in total. The van der Waals surface area contributed by atoms with Gasteiger partial charge in [-0.25, -0.2) is 0 Å². The molecular formula is C29H40O2. The monoisotopic (exact) mass is 420 g/mol. The van der Waals surface area contributed by atoms with Gasteiger partial charge in [-0.3, -0.25) is 0 Å². The Hall–Kier alpha value is -1.64. The molecule has 0 radical (unpaired) electrons. The van der Waals surface area contributed by atoms with Crippen LogP contribution in [-0.2, 0) is 16.6 Å². The van der Waals surface area contributed by atoms with Crippen LogP contribution in [-0.4, -0.2) is 17.3 Å². The Morgan fingerprint density at radius 1 is 0.968 bits per heavy atom. The van der Waals surface area contributed by atoms with Crippen LogP contribution in [0.3, 0.4) is 0 Å².